The van der Waals surface area contributed by atoms with Gasteiger partial charge >= 0.3 is 5.82 Å². The Bertz CT molecular complexity index is 336. The van der Waals surface area contributed by atoms with E-state index in [1.807, 2.05) is 0 Å². The first-order chi connectivity index (χ1) is 6.15. The summed E-state index contributed by atoms with van der Waals surface area (Å²) in [6, 6.07) is 0. The third kappa shape index (κ3) is 2.35. The van der Waals surface area contributed by atoms with Gasteiger partial charge in [0.25, 0.3) is 0 Å². The molecule has 0 aliphatic heterocycles. The molecule has 0 radical (unpaired) electrons. The maximum atomic E-state index is 10.3. The lowest BCUT2D eigenvalue weighted by atomic mass is 10.5. The fourth-order valence-electron chi connectivity index (χ4n) is 0.810. The molecule has 0 atom stereocenters. The van der Waals surface area contributed by atoms with E-state index in [9.17, 15) is 14.9 Å². The van der Waals surface area contributed by atoms with Crippen molar-refractivity contribution in [2.45, 2.75) is 13.0 Å². The maximum absolute atomic E-state index is 10.3. The number of aryl methyl sites for hydroxylation is 1. The van der Waals surface area contributed by atoms with E-state index < -0.39 is 4.92 Å². The van der Waals surface area contributed by atoms with Gasteiger partial charge in [-0.3, -0.25) is 0 Å². The fourth-order valence-corrected chi connectivity index (χ4v) is 1.27. The number of carbonyl (C=O) groups is 1. The minimum atomic E-state index is -0.582. The number of nitro groups is 1. The molecule has 1 heterocycles. The molecule has 13 heavy (non-hydrogen) atoms. The van der Waals surface area contributed by atoms with Crippen molar-refractivity contribution in [1.29, 1.82) is 0 Å². The molecule has 1 aromatic rings. The van der Waals surface area contributed by atoms with Crippen LogP contribution in [-0.4, -0.2) is 21.0 Å². The van der Waals surface area contributed by atoms with Crippen LogP contribution in [0, 0.1) is 10.1 Å². The summed E-state index contributed by atoms with van der Waals surface area (Å²) >= 11 is 3.00. The Morgan fingerprint density at radius 2 is 2.46 bits per heavy atom. The lowest BCUT2D eigenvalue weighted by Gasteiger charge is -1.87. The summed E-state index contributed by atoms with van der Waals surface area (Å²) in [6.07, 6.45) is 2.51. The summed E-state index contributed by atoms with van der Waals surface area (Å²) in [4.78, 5) is 19.8. The molecule has 6 nitrogen and oxygen atoms in total. The molecule has 0 aliphatic rings. The van der Waals surface area contributed by atoms with Gasteiger partial charge in [-0.25, -0.2) is 0 Å². The summed E-state index contributed by atoms with van der Waals surface area (Å²) in [6.45, 7) is 0.357. The van der Waals surface area contributed by atoms with Crippen LogP contribution in [0.3, 0.4) is 0 Å². The summed E-state index contributed by atoms with van der Waals surface area (Å²) in [7, 11) is 0. The average Bonchev–Trinajstić information content (AvgIpc) is 2.43. The number of aldehydes is 1. The van der Waals surface area contributed by atoms with Gasteiger partial charge in [0.2, 0.25) is 0 Å². The predicted molar refractivity (Wildman–Crippen MR) is 47.3 cm³/mol. The Hall–Kier alpha value is -1.24. The van der Waals surface area contributed by atoms with Crippen molar-refractivity contribution < 1.29 is 9.72 Å². The summed E-state index contributed by atoms with van der Waals surface area (Å²) < 4.78 is 1.68. The van der Waals surface area contributed by atoms with E-state index in [4.69, 9.17) is 0 Å². The first-order valence-corrected chi connectivity index (χ1v) is 4.25. The van der Waals surface area contributed by atoms with Crippen LogP contribution >= 0.6 is 15.9 Å². The molecule has 0 amide bonds. The Balaban J connectivity index is 2.82. The quantitative estimate of drug-likeness (QED) is 0.454. The van der Waals surface area contributed by atoms with Crippen LogP contribution in [0.1, 0.15) is 6.42 Å². The van der Waals surface area contributed by atoms with Crippen LogP contribution in [0.4, 0.5) is 5.82 Å². The van der Waals surface area contributed by atoms with Crippen LogP contribution in [0.25, 0.3) is 0 Å². The molecule has 1 rings (SSSR count). The van der Waals surface area contributed by atoms with E-state index in [2.05, 4.69) is 21.0 Å². The highest BCUT2D eigenvalue weighted by molar-refractivity contribution is 9.10. The highest BCUT2D eigenvalue weighted by Gasteiger charge is 2.17. The van der Waals surface area contributed by atoms with Crippen molar-refractivity contribution in [1.82, 2.24) is 9.78 Å². The molecule has 0 spiro atoms. The van der Waals surface area contributed by atoms with E-state index in [-0.39, 0.29) is 5.82 Å². The van der Waals surface area contributed by atoms with Gasteiger partial charge in [0.05, 0.1) is 17.8 Å². The van der Waals surface area contributed by atoms with Gasteiger partial charge in [-0.15, -0.1) is 0 Å². The standard InChI is InChI=1S/C6H6BrN3O3/c7-5-4-9(2-1-3-11)8-6(5)10(12)13/h3-4H,1-2H2. The van der Waals surface area contributed by atoms with Crippen LogP contribution in [0.5, 0.6) is 0 Å². The molecule has 0 fully saturated rings. The van der Waals surface area contributed by atoms with Crippen LogP contribution in [0.15, 0.2) is 10.7 Å². The lowest BCUT2D eigenvalue weighted by Crippen LogP contribution is -1.99. The topological polar surface area (TPSA) is 78.0 Å². The molecule has 0 N–H and O–H groups in total. The Morgan fingerprint density at radius 1 is 1.77 bits per heavy atom. The van der Waals surface area contributed by atoms with Crippen molar-refractivity contribution in [3.8, 4) is 0 Å². The molecule has 0 unspecified atom stereocenters. The SMILES string of the molecule is O=CCCn1cc(Br)c([N+](=O)[O-])n1. The van der Waals surface area contributed by atoms with Crippen molar-refractivity contribution in [3.05, 3.63) is 20.8 Å². The zero-order valence-corrected chi connectivity index (χ0v) is 8.10. The minimum Gasteiger partial charge on any atom is -0.358 e. The second-order valence-electron chi connectivity index (χ2n) is 2.28. The smallest absolute Gasteiger partial charge is 0.358 e. The number of hydrogen-bond acceptors (Lipinski definition) is 4. The number of rotatable bonds is 4. The molecule has 7 heteroatoms. The van der Waals surface area contributed by atoms with E-state index in [1.54, 1.807) is 0 Å². The number of aromatic nitrogens is 2. The normalized spacial score (nSPS) is 9.92. The average molecular weight is 248 g/mol. The maximum Gasteiger partial charge on any atom is 0.404 e. The van der Waals surface area contributed by atoms with Crippen LogP contribution in [0.2, 0.25) is 0 Å². The molecule has 0 bridgehead atoms. The number of hydrogen-bond donors (Lipinski definition) is 0. The third-order valence-electron chi connectivity index (χ3n) is 1.35. The van der Waals surface area contributed by atoms with Crippen molar-refractivity contribution in [2.75, 3.05) is 0 Å². The Morgan fingerprint density at radius 3 is 2.92 bits per heavy atom. The fraction of sp³-hybridized carbons (Fsp3) is 0.333. The van der Waals surface area contributed by atoms with E-state index in [1.165, 1.54) is 10.9 Å². The van der Waals surface area contributed by atoms with Gasteiger partial charge in [-0.05, 0) is 20.9 Å². The highest BCUT2D eigenvalue weighted by Crippen LogP contribution is 2.21. The largest absolute Gasteiger partial charge is 0.404 e. The number of carbonyl (C=O) groups excluding carboxylic acids is 1. The van der Waals surface area contributed by atoms with Crippen molar-refractivity contribution >= 4 is 28.0 Å². The van der Waals surface area contributed by atoms with Gasteiger partial charge in [-0.1, -0.05) is 0 Å². The Labute approximate surface area is 81.8 Å². The predicted octanol–water partition coefficient (Wildman–Crippen LogP) is 1.14. The molecule has 0 saturated heterocycles. The summed E-state index contributed by atoms with van der Waals surface area (Å²) in [5.74, 6) is -0.231. The second kappa shape index (κ2) is 4.13. The van der Waals surface area contributed by atoms with E-state index in [0.717, 1.165) is 6.29 Å². The lowest BCUT2D eigenvalue weighted by molar-refractivity contribution is -0.390. The molecule has 1 aromatic heterocycles. The molecule has 0 aliphatic carbocycles. The zero-order valence-electron chi connectivity index (χ0n) is 6.51. The minimum absolute atomic E-state index is 0.231. The summed E-state index contributed by atoms with van der Waals surface area (Å²) in [5.41, 5.74) is 0. The number of halogens is 1. The number of nitrogens with zero attached hydrogens (tertiary/aromatic N) is 3. The molecular formula is C6H6BrN3O3. The van der Waals surface area contributed by atoms with Gasteiger partial charge in [-0.2, -0.15) is 4.68 Å². The van der Waals surface area contributed by atoms with Crippen LogP contribution < -0.4 is 0 Å². The molecule has 0 aromatic carbocycles. The second-order valence-corrected chi connectivity index (χ2v) is 3.13. The van der Waals surface area contributed by atoms with E-state index in [0.29, 0.717) is 17.4 Å². The summed E-state index contributed by atoms with van der Waals surface area (Å²) in [5, 5.41) is 14.0. The van der Waals surface area contributed by atoms with Crippen LogP contribution in [-0.2, 0) is 11.3 Å². The molecule has 70 valence electrons. The zero-order chi connectivity index (χ0) is 9.84. The van der Waals surface area contributed by atoms with Crippen molar-refractivity contribution in [2.24, 2.45) is 0 Å². The first-order valence-electron chi connectivity index (χ1n) is 3.46. The monoisotopic (exact) mass is 247 g/mol. The first kappa shape index (κ1) is 9.85. The van der Waals surface area contributed by atoms with Gasteiger partial charge in [0.15, 0.2) is 0 Å². The van der Waals surface area contributed by atoms with Crippen molar-refractivity contribution in [3.63, 3.8) is 0 Å². The molecule has 0 saturated carbocycles. The van der Waals surface area contributed by atoms with E-state index >= 15 is 0 Å². The third-order valence-corrected chi connectivity index (χ3v) is 1.91. The highest BCUT2D eigenvalue weighted by atomic mass is 79.9. The Kier molecular flexibility index (Phi) is 3.13. The molecular weight excluding hydrogens is 242 g/mol. The van der Waals surface area contributed by atoms with Gasteiger partial charge < -0.3 is 14.9 Å². The van der Waals surface area contributed by atoms with Gasteiger partial charge in [0.1, 0.15) is 10.8 Å². The van der Waals surface area contributed by atoms with Gasteiger partial charge in [0, 0.05) is 6.42 Å².